The highest BCUT2D eigenvalue weighted by Gasteiger charge is 2.19. The third-order valence-corrected chi connectivity index (χ3v) is 4.15. The standard InChI is InChI=1S/C22H27N3O5/c1-5-29-19-9-7-6-8-18(19)22(28)23-14-20(26)30-15(2)21(27)24-16-10-12-17(13-11-16)25(3)4/h6-13,15H,5,14H2,1-4H3,(H,23,28)(H,24,27)/t15-/m0/s1. The first-order valence-electron chi connectivity index (χ1n) is 9.59. The molecule has 2 rings (SSSR count). The van der Waals surface area contributed by atoms with Crippen LogP contribution in [0.3, 0.4) is 0 Å². The lowest BCUT2D eigenvalue weighted by Crippen LogP contribution is -2.36. The minimum absolute atomic E-state index is 0.319. The molecular weight excluding hydrogens is 386 g/mol. The molecule has 0 aliphatic carbocycles. The maximum Gasteiger partial charge on any atom is 0.326 e. The topological polar surface area (TPSA) is 97.0 Å². The van der Waals surface area contributed by atoms with E-state index in [-0.39, 0.29) is 6.54 Å². The van der Waals surface area contributed by atoms with Crippen LogP contribution >= 0.6 is 0 Å². The monoisotopic (exact) mass is 413 g/mol. The maximum atomic E-state index is 12.3. The molecule has 8 nitrogen and oxygen atoms in total. The van der Waals surface area contributed by atoms with Crippen molar-refractivity contribution >= 4 is 29.2 Å². The number of benzene rings is 2. The summed E-state index contributed by atoms with van der Waals surface area (Å²) in [6, 6.07) is 14.0. The number of para-hydroxylation sites is 1. The second kappa shape index (κ2) is 10.8. The average molecular weight is 413 g/mol. The van der Waals surface area contributed by atoms with Gasteiger partial charge in [-0.25, -0.2) is 0 Å². The number of hydrogen-bond donors (Lipinski definition) is 2. The molecule has 160 valence electrons. The van der Waals surface area contributed by atoms with Crippen LogP contribution in [0.2, 0.25) is 0 Å². The van der Waals surface area contributed by atoms with Gasteiger partial charge in [0.2, 0.25) is 0 Å². The van der Waals surface area contributed by atoms with Crippen LogP contribution in [0.1, 0.15) is 24.2 Å². The first-order chi connectivity index (χ1) is 14.3. The fourth-order valence-corrected chi connectivity index (χ4v) is 2.56. The maximum absolute atomic E-state index is 12.3. The van der Waals surface area contributed by atoms with E-state index < -0.39 is 23.9 Å². The Morgan fingerprint density at radius 1 is 1.03 bits per heavy atom. The van der Waals surface area contributed by atoms with Gasteiger partial charge in [0.15, 0.2) is 6.10 Å². The smallest absolute Gasteiger partial charge is 0.326 e. The number of ether oxygens (including phenoxy) is 2. The van der Waals surface area contributed by atoms with Gasteiger partial charge in [-0.05, 0) is 50.2 Å². The molecule has 0 fully saturated rings. The second-order valence-electron chi connectivity index (χ2n) is 6.67. The predicted molar refractivity (Wildman–Crippen MR) is 115 cm³/mol. The Morgan fingerprint density at radius 2 is 1.70 bits per heavy atom. The van der Waals surface area contributed by atoms with Gasteiger partial charge in [-0.15, -0.1) is 0 Å². The van der Waals surface area contributed by atoms with Crippen LogP contribution < -0.4 is 20.3 Å². The van der Waals surface area contributed by atoms with Crippen molar-refractivity contribution in [2.75, 3.05) is 37.5 Å². The summed E-state index contributed by atoms with van der Waals surface area (Å²) in [6.45, 7) is 3.33. The molecule has 1 atom stereocenters. The van der Waals surface area contributed by atoms with Gasteiger partial charge in [0.05, 0.1) is 12.2 Å². The van der Waals surface area contributed by atoms with Gasteiger partial charge in [0.25, 0.3) is 11.8 Å². The molecule has 0 radical (unpaired) electrons. The van der Waals surface area contributed by atoms with Crippen LogP contribution in [-0.2, 0) is 14.3 Å². The van der Waals surface area contributed by atoms with E-state index in [9.17, 15) is 14.4 Å². The lowest BCUT2D eigenvalue weighted by Gasteiger charge is -2.16. The van der Waals surface area contributed by atoms with Gasteiger partial charge >= 0.3 is 5.97 Å². The number of nitrogens with zero attached hydrogens (tertiary/aromatic N) is 1. The Labute approximate surface area is 176 Å². The molecule has 0 saturated carbocycles. The zero-order valence-corrected chi connectivity index (χ0v) is 17.6. The van der Waals surface area contributed by atoms with E-state index in [0.29, 0.717) is 23.6 Å². The van der Waals surface area contributed by atoms with Crippen LogP contribution in [0.5, 0.6) is 5.75 Å². The number of carbonyl (C=O) groups excluding carboxylic acids is 3. The summed E-state index contributed by atoms with van der Waals surface area (Å²) >= 11 is 0. The van der Waals surface area contributed by atoms with Crippen LogP contribution in [0.25, 0.3) is 0 Å². The largest absolute Gasteiger partial charge is 0.493 e. The molecule has 8 heteroatoms. The quantitative estimate of drug-likeness (QED) is 0.613. The lowest BCUT2D eigenvalue weighted by atomic mass is 10.2. The summed E-state index contributed by atoms with van der Waals surface area (Å²) in [4.78, 5) is 38.5. The summed E-state index contributed by atoms with van der Waals surface area (Å²) in [5.41, 5.74) is 1.91. The normalized spacial score (nSPS) is 11.2. The SMILES string of the molecule is CCOc1ccccc1C(=O)NCC(=O)O[C@@H](C)C(=O)Nc1ccc(N(C)C)cc1. The highest BCUT2D eigenvalue weighted by molar-refractivity contribution is 5.99. The van der Waals surface area contributed by atoms with Gasteiger partial charge in [-0.3, -0.25) is 14.4 Å². The van der Waals surface area contributed by atoms with E-state index in [1.54, 1.807) is 36.4 Å². The van der Waals surface area contributed by atoms with Crippen molar-refractivity contribution in [1.29, 1.82) is 0 Å². The average Bonchev–Trinajstić information content (AvgIpc) is 2.73. The number of esters is 1. The summed E-state index contributed by atoms with van der Waals surface area (Å²) in [7, 11) is 3.84. The number of rotatable bonds is 9. The van der Waals surface area contributed by atoms with E-state index in [1.165, 1.54) is 6.92 Å². The summed E-state index contributed by atoms with van der Waals surface area (Å²) in [5.74, 6) is -1.22. The molecule has 2 amide bonds. The summed E-state index contributed by atoms with van der Waals surface area (Å²) in [6.07, 6.45) is -1.02. The predicted octanol–water partition coefficient (Wildman–Crippen LogP) is 2.45. The molecule has 2 aromatic carbocycles. The Bertz CT molecular complexity index is 881. The van der Waals surface area contributed by atoms with Gasteiger partial charge < -0.3 is 25.0 Å². The Balaban J connectivity index is 1.83. The van der Waals surface area contributed by atoms with E-state index in [2.05, 4.69) is 10.6 Å². The molecule has 30 heavy (non-hydrogen) atoms. The number of anilines is 2. The van der Waals surface area contributed by atoms with Gasteiger partial charge in [0.1, 0.15) is 12.3 Å². The number of nitrogens with one attached hydrogen (secondary N) is 2. The van der Waals surface area contributed by atoms with E-state index in [1.807, 2.05) is 38.1 Å². The number of carbonyl (C=O) groups is 3. The highest BCUT2D eigenvalue weighted by atomic mass is 16.5. The molecule has 0 bridgehead atoms. The molecule has 0 heterocycles. The molecular formula is C22H27N3O5. The fourth-order valence-electron chi connectivity index (χ4n) is 2.56. The fraction of sp³-hybridized carbons (Fsp3) is 0.318. The third kappa shape index (κ3) is 6.51. The minimum atomic E-state index is -1.02. The minimum Gasteiger partial charge on any atom is -0.493 e. The second-order valence-corrected chi connectivity index (χ2v) is 6.67. The van der Waals surface area contributed by atoms with E-state index >= 15 is 0 Å². The zero-order chi connectivity index (χ0) is 22.1. The zero-order valence-electron chi connectivity index (χ0n) is 17.6. The van der Waals surface area contributed by atoms with Crippen molar-refractivity contribution in [1.82, 2.24) is 5.32 Å². The van der Waals surface area contributed by atoms with Crippen molar-refractivity contribution in [2.45, 2.75) is 20.0 Å². The molecule has 0 aliphatic rings. The van der Waals surface area contributed by atoms with Crippen LogP contribution in [0.4, 0.5) is 11.4 Å². The van der Waals surface area contributed by atoms with Crippen LogP contribution in [-0.4, -0.2) is 51.1 Å². The number of amides is 2. The van der Waals surface area contributed by atoms with E-state index in [0.717, 1.165) is 5.69 Å². The molecule has 0 unspecified atom stereocenters. The number of hydrogen-bond acceptors (Lipinski definition) is 6. The van der Waals surface area contributed by atoms with Gasteiger partial charge in [0, 0.05) is 25.5 Å². The Hall–Kier alpha value is -3.55. The molecule has 2 aromatic rings. The van der Waals surface area contributed by atoms with Crippen molar-refractivity contribution in [3.63, 3.8) is 0 Å². The van der Waals surface area contributed by atoms with Crippen molar-refractivity contribution < 1.29 is 23.9 Å². The van der Waals surface area contributed by atoms with Crippen molar-refractivity contribution in [2.24, 2.45) is 0 Å². The molecule has 0 aromatic heterocycles. The van der Waals surface area contributed by atoms with Gasteiger partial charge in [-0.2, -0.15) is 0 Å². The summed E-state index contributed by atoms with van der Waals surface area (Å²) in [5, 5.41) is 5.17. The van der Waals surface area contributed by atoms with Crippen LogP contribution in [0, 0.1) is 0 Å². The van der Waals surface area contributed by atoms with Gasteiger partial charge in [-0.1, -0.05) is 12.1 Å². The molecule has 2 N–H and O–H groups in total. The Morgan fingerprint density at radius 3 is 2.33 bits per heavy atom. The highest BCUT2D eigenvalue weighted by Crippen LogP contribution is 2.18. The Kier molecular flexibility index (Phi) is 8.22. The van der Waals surface area contributed by atoms with Crippen molar-refractivity contribution in [3.05, 3.63) is 54.1 Å². The molecule has 0 spiro atoms. The van der Waals surface area contributed by atoms with E-state index in [4.69, 9.17) is 9.47 Å². The molecule has 0 aliphatic heterocycles. The van der Waals surface area contributed by atoms with Crippen LogP contribution in [0.15, 0.2) is 48.5 Å². The first kappa shape index (κ1) is 22.7. The van der Waals surface area contributed by atoms with Crippen molar-refractivity contribution in [3.8, 4) is 5.75 Å². The third-order valence-electron chi connectivity index (χ3n) is 4.15. The first-order valence-corrected chi connectivity index (χ1v) is 9.59. The lowest BCUT2D eigenvalue weighted by molar-refractivity contribution is -0.152. The summed E-state index contributed by atoms with van der Waals surface area (Å²) < 4.78 is 10.5. The molecule has 0 saturated heterocycles.